The number of hydrogen-bond donors (Lipinski definition) is 0. The lowest BCUT2D eigenvalue weighted by molar-refractivity contribution is 0.640. The number of aryl methyl sites for hydroxylation is 1. The standard InChI is InChI=1S/C15H17N7/c1-12-10-13-15(18-4-5-22(13)19-12)21-8-6-20(7-9-21)14-11-16-2-3-17-14/h2-5,10-11H,6-9H2,1H3. The lowest BCUT2D eigenvalue weighted by atomic mass is 10.3. The van der Waals surface area contributed by atoms with Crippen LogP contribution in [-0.4, -0.2) is 50.7 Å². The zero-order chi connectivity index (χ0) is 14.9. The van der Waals surface area contributed by atoms with Crippen molar-refractivity contribution in [2.24, 2.45) is 0 Å². The van der Waals surface area contributed by atoms with Crippen LogP contribution >= 0.6 is 0 Å². The molecule has 0 radical (unpaired) electrons. The first-order chi connectivity index (χ1) is 10.8. The Kier molecular flexibility index (Phi) is 3.10. The molecule has 1 saturated heterocycles. The number of piperazine rings is 1. The molecule has 0 N–H and O–H groups in total. The summed E-state index contributed by atoms with van der Waals surface area (Å²) < 4.78 is 1.90. The second-order valence-corrected chi connectivity index (χ2v) is 5.40. The smallest absolute Gasteiger partial charge is 0.154 e. The fourth-order valence-corrected chi connectivity index (χ4v) is 2.88. The Morgan fingerprint density at radius 2 is 1.77 bits per heavy atom. The molecule has 4 rings (SSSR count). The molecule has 7 nitrogen and oxygen atoms in total. The minimum absolute atomic E-state index is 0.910. The number of hydrogen-bond acceptors (Lipinski definition) is 6. The van der Waals surface area contributed by atoms with Crippen molar-refractivity contribution in [1.29, 1.82) is 0 Å². The van der Waals surface area contributed by atoms with Gasteiger partial charge in [-0.25, -0.2) is 14.5 Å². The molecule has 0 amide bonds. The van der Waals surface area contributed by atoms with Crippen LogP contribution in [0, 0.1) is 6.92 Å². The average molecular weight is 295 g/mol. The third-order valence-electron chi connectivity index (χ3n) is 3.94. The van der Waals surface area contributed by atoms with Gasteiger partial charge in [-0.1, -0.05) is 0 Å². The van der Waals surface area contributed by atoms with E-state index in [2.05, 4.69) is 35.9 Å². The topological polar surface area (TPSA) is 62.5 Å². The van der Waals surface area contributed by atoms with Gasteiger partial charge in [0, 0.05) is 51.0 Å². The van der Waals surface area contributed by atoms with Gasteiger partial charge in [0.2, 0.25) is 0 Å². The lowest BCUT2D eigenvalue weighted by Crippen LogP contribution is -2.47. The van der Waals surface area contributed by atoms with Crippen molar-refractivity contribution in [2.45, 2.75) is 6.92 Å². The summed E-state index contributed by atoms with van der Waals surface area (Å²) in [5.41, 5.74) is 2.07. The summed E-state index contributed by atoms with van der Waals surface area (Å²) in [6.45, 7) is 5.65. The minimum atomic E-state index is 0.910. The quantitative estimate of drug-likeness (QED) is 0.707. The Labute approximate surface area is 128 Å². The molecule has 3 aromatic rings. The van der Waals surface area contributed by atoms with E-state index >= 15 is 0 Å². The van der Waals surface area contributed by atoms with Crippen molar-refractivity contribution in [3.05, 3.63) is 42.7 Å². The summed E-state index contributed by atoms with van der Waals surface area (Å²) in [4.78, 5) is 17.6. The van der Waals surface area contributed by atoms with Crippen LogP contribution in [0.5, 0.6) is 0 Å². The fraction of sp³-hybridized carbons (Fsp3) is 0.333. The molecule has 0 unspecified atom stereocenters. The van der Waals surface area contributed by atoms with E-state index in [1.807, 2.05) is 30.0 Å². The normalized spacial score (nSPS) is 15.5. The van der Waals surface area contributed by atoms with Crippen molar-refractivity contribution >= 4 is 17.2 Å². The molecule has 3 aromatic heterocycles. The van der Waals surface area contributed by atoms with Crippen molar-refractivity contribution < 1.29 is 0 Å². The highest BCUT2D eigenvalue weighted by molar-refractivity contribution is 5.69. The van der Waals surface area contributed by atoms with E-state index in [9.17, 15) is 0 Å². The molecule has 0 aromatic carbocycles. The van der Waals surface area contributed by atoms with E-state index in [-0.39, 0.29) is 0 Å². The van der Waals surface area contributed by atoms with E-state index in [4.69, 9.17) is 0 Å². The molecule has 0 spiro atoms. The first-order valence-corrected chi connectivity index (χ1v) is 7.38. The monoisotopic (exact) mass is 295 g/mol. The van der Waals surface area contributed by atoms with Gasteiger partial charge in [-0.15, -0.1) is 0 Å². The first kappa shape index (κ1) is 13.0. The Hall–Kier alpha value is -2.70. The van der Waals surface area contributed by atoms with Gasteiger partial charge in [0.25, 0.3) is 0 Å². The summed E-state index contributed by atoms with van der Waals surface area (Å²) in [6, 6.07) is 2.08. The fourth-order valence-electron chi connectivity index (χ4n) is 2.88. The predicted molar refractivity (Wildman–Crippen MR) is 84.2 cm³/mol. The molecule has 112 valence electrons. The molecule has 0 atom stereocenters. The zero-order valence-electron chi connectivity index (χ0n) is 12.4. The third-order valence-corrected chi connectivity index (χ3v) is 3.94. The predicted octanol–water partition coefficient (Wildman–Crippen LogP) is 1.15. The summed E-state index contributed by atoms with van der Waals surface area (Å²) in [5, 5.41) is 4.45. The van der Waals surface area contributed by atoms with Gasteiger partial charge < -0.3 is 9.80 Å². The van der Waals surface area contributed by atoms with Crippen LogP contribution < -0.4 is 9.80 Å². The van der Waals surface area contributed by atoms with Crippen LogP contribution in [0.4, 0.5) is 11.6 Å². The highest BCUT2D eigenvalue weighted by atomic mass is 15.3. The van der Waals surface area contributed by atoms with E-state index in [0.717, 1.165) is 49.0 Å². The molecule has 0 saturated carbocycles. The van der Waals surface area contributed by atoms with Gasteiger partial charge in [0.1, 0.15) is 11.3 Å². The third kappa shape index (κ3) is 2.24. The summed E-state index contributed by atoms with van der Waals surface area (Å²) >= 11 is 0. The van der Waals surface area contributed by atoms with E-state index in [1.165, 1.54) is 0 Å². The molecule has 0 aliphatic carbocycles. The van der Waals surface area contributed by atoms with Crippen LogP contribution in [0.2, 0.25) is 0 Å². The largest absolute Gasteiger partial charge is 0.352 e. The Bertz CT molecular complexity index is 775. The molecular formula is C15H17N7. The highest BCUT2D eigenvalue weighted by Gasteiger charge is 2.21. The lowest BCUT2D eigenvalue weighted by Gasteiger charge is -2.35. The molecule has 1 aliphatic rings. The van der Waals surface area contributed by atoms with E-state index in [1.54, 1.807) is 12.4 Å². The maximum atomic E-state index is 4.56. The molecule has 1 fully saturated rings. The number of anilines is 2. The van der Waals surface area contributed by atoms with Crippen LogP contribution in [0.1, 0.15) is 5.69 Å². The van der Waals surface area contributed by atoms with Gasteiger partial charge in [0.15, 0.2) is 5.82 Å². The molecule has 1 aliphatic heterocycles. The maximum Gasteiger partial charge on any atom is 0.154 e. The number of rotatable bonds is 2. The zero-order valence-corrected chi connectivity index (χ0v) is 12.4. The number of nitrogens with zero attached hydrogens (tertiary/aromatic N) is 7. The summed E-state index contributed by atoms with van der Waals surface area (Å²) in [5.74, 6) is 1.94. The van der Waals surface area contributed by atoms with Gasteiger partial charge in [-0.05, 0) is 13.0 Å². The second kappa shape index (κ2) is 5.25. The molecule has 0 bridgehead atoms. The highest BCUT2D eigenvalue weighted by Crippen LogP contribution is 2.22. The van der Waals surface area contributed by atoms with Crippen molar-refractivity contribution in [2.75, 3.05) is 36.0 Å². The Morgan fingerprint density at radius 3 is 2.55 bits per heavy atom. The number of aromatic nitrogens is 5. The van der Waals surface area contributed by atoms with Crippen molar-refractivity contribution in [3.63, 3.8) is 0 Å². The SMILES string of the molecule is Cc1cc2c(N3CCN(c4cnccn4)CC3)nccn2n1. The van der Waals surface area contributed by atoms with Crippen LogP contribution in [-0.2, 0) is 0 Å². The average Bonchev–Trinajstić information content (AvgIpc) is 2.96. The maximum absolute atomic E-state index is 4.56. The van der Waals surface area contributed by atoms with E-state index in [0.29, 0.717) is 0 Å². The Balaban J connectivity index is 1.56. The molecule has 7 heteroatoms. The van der Waals surface area contributed by atoms with Crippen LogP contribution in [0.3, 0.4) is 0 Å². The molecular weight excluding hydrogens is 278 g/mol. The van der Waals surface area contributed by atoms with Gasteiger partial charge in [0.05, 0.1) is 11.9 Å². The molecule has 4 heterocycles. The summed E-state index contributed by atoms with van der Waals surface area (Å²) in [7, 11) is 0. The van der Waals surface area contributed by atoms with Crippen molar-refractivity contribution in [3.8, 4) is 0 Å². The summed E-state index contributed by atoms with van der Waals surface area (Å²) in [6.07, 6.45) is 8.95. The second-order valence-electron chi connectivity index (χ2n) is 5.40. The number of fused-ring (bicyclic) bond motifs is 1. The van der Waals surface area contributed by atoms with Gasteiger partial charge in [-0.2, -0.15) is 5.10 Å². The Morgan fingerprint density at radius 1 is 0.955 bits per heavy atom. The van der Waals surface area contributed by atoms with Gasteiger partial charge in [-0.3, -0.25) is 4.98 Å². The minimum Gasteiger partial charge on any atom is -0.352 e. The van der Waals surface area contributed by atoms with Gasteiger partial charge >= 0.3 is 0 Å². The van der Waals surface area contributed by atoms with Crippen molar-refractivity contribution in [1.82, 2.24) is 24.6 Å². The van der Waals surface area contributed by atoms with Crippen LogP contribution in [0.15, 0.2) is 37.1 Å². The molecule has 22 heavy (non-hydrogen) atoms. The van der Waals surface area contributed by atoms with E-state index < -0.39 is 0 Å². The van der Waals surface area contributed by atoms with Crippen LogP contribution in [0.25, 0.3) is 5.52 Å². The first-order valence-electron chi connectivity index (χ1n) is 7.38.